The van der Waals surface area contributed by atoms with E-state index in [1.54, 1.807) is 30.5 Å². The number of likely N-dealkylation sites (N-methyl/N-ethyl adjacent to an activating group) is 1. The second-order valence-corrected chi connectivity index (χ2v) is 8.21. The highest BCUT2D eigenvalue weighted by Gasteiger charge is 2.23. The van der Waals surface area contributed by atoms with Crippen LogP contribution in [0.5, 0.6) is 0 Å². The molecule has 0 aliphatic heterocycles. The molecular weight excluding hydrogens is 340 g/mol. The molecule has 1 unspecified atom stereocenters. The van der Waals surface area contributed by atoms with Gasteiger partial charge in [-0.2, -0.15) is 4.31 Å². The van der Waals surface area contributed by atoms with Gasteiger partial charge in [0, 0.05) is 19.5 Å². The molecular formula is C18H24N2O4S. The molecule has 0 spiro atoms. The van der Waals surface area contributed by atoms with Gasteiger partial charge in [0.25, 0.3) is 0 Å². The largest absolute Gasteiger partial charge is 0.469 e. The first kappa shape index (κ1) is 19.2. The van der Waals surface area contributed by atoms with Gasteiger partial charge in [0.15, 0.2) is 0 Å². The lowest BCUT2D eigenvalue weighted by molar-refractivity contribution is -0.121. The highest BCUT2D eigenvalue weighted by Crippen LogP contribution is 2.14. The van der Waals surface area contributed by atoms with Gasteiger partial charge in [-0.25, -0.2) is 8.42 Å². The van der Waals surface area contributed by atoms with E-state index in [-0.39, 0.29) is 23.4 Å². The fourth-order valence-corrected chi connectivity index (χ4v) is 3.51. The molecule has 25 heavy (non-hydrogen) atoms. The Morgan fingerprint density at radius 1 is 1.24 bits per heavy atom. The van der Waals surface area contributed by atoms with Gasteiger partial charge < -0.3 is 9.73 Å². The van der Waals surface area contributed by atoms with Crippen LogP contribution in [-0.2, 0) is 21.2 Å². The molecule has 7 heteroatoms. The number of sulfonamides is 1. The normalized spacial score (nSPS) is 13.0. The van der Waals surface area contributed by atoms with Crippen molar-refractivity contribution in [3.05, 3.63) is 54.0 Å². The van der Waals surface area contributed by atoms with Gasteiger partial charge in [-0.15, -0.1) is 0 Å². The van der Waals surface area contributed by atoms with Crippen LogP contribution < -0.4 is 5.32 Å². The van der Waals surface area contributed by atoms with Crippen molar-refractivity contribution in [1.82, 2.24) is 9.62 Å². The van der Waals surface area contributed by atoms with Gasteiger partial charge in [0.05, 0.1) is 17.7 Å². The lowest BCUT2D eigenvalue weighted by Crippen LogP contribution is -2.41. The lowest BCUT2D eigenvalue weighted by atomic mass is 10.1. The molecule has 1 aromatic heterocycles. The summed E-state index contributed by atoms with van der Waals surface area (Å²) in [6.07, 6.45) is 3.04. The first-order valence-electron chi connectivity index (χ1n) is 8.14. The van der Waals surface area contributed by atoms with Crippen LogP contribution >= 0.6 is 0 Å². The quantitative estimate of drug-likeness (QED) is 0.780. The highest BCUT2D eigenvalue weighted by atomic mass is 32.2. The van der Waals surface area contributed by atoms with Crippen LogP contribution in [0.1, 0.15) is 24.7 Å². The second-order valence-electron chi connectivity index (χ2n) is 6.16. The highest BCUT2D eigenvalue weighted by molar-refractivity contribution is 7.89. The molecule has 1 N–H and O–H groups in total. The van der Waals surface area contributed by atoms with Crippen molar-refractivity contribution in [2.24, 2.45) is 0 Å². The van der Waals surface area contributed by atoms with E-state index in [4.69, 9.17) is 4.42 Å². The molecule has 0 fully saturated rings. The van der Waals surface area contributed by atoms with Gasteiger partial charge in [0.2, 0.25) is 15.9 Å². The van der Waals surface area contributed by atoms with E-state index >= 15 is 0 Å². The number of benzene rings is 1. The van der Waals surface area contributed by atoms with Crippen molar-refractivity contribution in [1.29, 1.82) is 0 Å². The number of furan rings is 1. The molecule has 1 amide bonds. The maximum Gasteiger partial charge on any atom is 0.243 e. The minimum Gasteiger partial charge on any atom is -0.469 e. The molecule has 0 bridgehead atoms. The molecule has 6 nitrogen and oxygen atoms in total. The number of amides is 1. The van der Waals surface area contributed by atoms with Gasteiger partial charge in [-0.1, -0.05) is 17.7 Å². The average Bonchev–Trinajstić information content (AvgIpc) is 3.06. The molecule has 0 radical (unpaired) electrons. The Morgan fingerprint density at radius 3 is 2.52 bits per heavy atom. The maximum absolute atomic E-state index is 12.5. The van der Waals surface area contributed by atoms with Crippen molar-refractivity contribution in [3.8, 4) is 0 Å². The monoisotopic (exact) mass is 364 g/mol. The molecule has 0 aliphatic carbocycles. The van der Waals surface area contributed by atoms with E-state index in [1.165, 1.54) is 7.05 Å². The molecule has 0 saturated carbocycles. The Kier molecular flexibility index (Phi) is 6.39. The lowest BCUT2D eigenvalue weighted by Gasteiger charge is -2.19. The molecule has 1 atom stereocenters. The fraction of sp³-hybridized carbons (Fsp3) is 0.389. The van der Waals surface area contributed by atoms with E-state index in [0.717, 1.165) is 15.6 Å². The third-order valence-corrected chi connectivity index (χ3v) is 5.72. The van der Waals surface area contributed by atoms with Crippen LogP contribution in [-0.4, -0.2) is 38.3 Å². The topological polar surface area (TPSA) is 79.6 Å². The molecule has 1 heterocycles. The SMILES string of the molecule is Cc1ccc(S(=O)(=O)N(C)CC(=O)NC(C)CCc2ccco2)cc1. The van der Waals surface area contributed by atoms with Crippen LogP contribution in [0.4, 0.5) is 0 Å². The van der Waals surface area contributed by atoms with Crippen molar-refractivity contribution < 1.29 is 17.6 Å². The third-order valence-electron chi connectivity index (χ3n) is 3.91. The Morgan fingerprint density at radius 2 is 1.92 bits per heavy atom. The number of carbonyl (C=O) groups is 1. The van der Waals surface area contributed by atoms with Crippen LogP contribution in [0.15, 0.2) is 52.0 Å². The zero-order chi connectivity index (χ0) is 18.4. The average molecular weight is 364 g/mol. The number of rotatable bonds is 8. The fourth-order valence-electron chi connectivity index (χ4n) is 2.38. The van der Waals surface area contributed by atoms with Gasteiger partial charge in [-0.3, -0.25) is 4.79 Å². The van der Waals surface area contributed by atoms with Crippen LogP contribution in [0.2, 0.25) is 0 Å². The van der Waals surface area contributed by atoms with Gasteiger partial charge >= 0.3 is 0 Å². The maximum atomic E-state index is 12.5. The van der Waals surface area contributed by atoms with E-state index in [9.17, 15) is 13.2 Å². The smallest absolute Gasteiger partial charge is 0.243 e. The van der Waals surface area contributed by atoms with E-state index in [2.05, 4.69) is 5.32 Å². The Bertz CT molecular complexity index is 783. The molecule has 0 saturated heterocycles. The van der Waals surface area contributed by atoms with Crippen LogP contribution in [0.3, 0.4) is 0 Å². The van der Waals surface area contributed by atoms with E-state index in [0.29, 0.717) is 12.8 Å². The predicted octanol–water partition coefficient (Wildman–Crippen LogP) is 2.35. The molecule has 2 rings (SSSR count). The molecule has 0 aliphatic rings. The summed E-state index contributed by atoms with van der Waals surface area (Å²) in [5, 5.41) is 2.82. The summed E-state index contributed by atoms with van der Waals surface area (Å²) in [7, 11) is -2.27. The summed E-state index contributed by atoms with van der Waals surface area (Å²) >= 11 is 0. The summed E-state index contributed by atoms with van der Waals surface area (Å²) in [6, 6.07) is 10.2. The number of carbonyl (C=O) groups excluding carboxylic acids is 1. The number of nitrogens with zero attached hydrogens (tertiary/aromatic N) is 1. The Labute approximate surface area is 148 Å². The molecule has 1 aromatic carbocycles. The van der Waals surface area contributed by atoms with Crippen LogP contribution in [0.25, 0.3) is 0 Å². The molecule has 2 aromatic rings. The third kappa shape index (κ3) is 5.44. The number of hydrogen-bond acceptors (Lipinski definition) is 4. The molecule has 136 valence electrons. The van der Waals surface area contributed by atoms with Gasteiger partial charge in [0.1, 0.15) is 5.76 Å². The minimum absolute atomic E-state index is 0.0759. The number of nitrogens with one attached hydrogen (secondary N) is 1. The minimum atomic E-state index is -3.68. The Hall–Kier alpha value is -2.12. The summed E-state index contributed by atoms with van der Waals surface area (Å²) < 4.78 is 31.3. The van der Waals surface area contributed by atoms with Crippen molar-refractivity contribution >= 4 is 15.9 Å². The zero-order valence-electron chi connectivity index (χ0n) is 14.7. The Balaban J connectivity index is 1.87. The van der Waals surface area contributed by atoms with Crippen molar-refractivity contribution in [2.45, 2.75) is 37.6 Å². The van der Waals surface area contributed by atoms with E-state index < -0.39 is 10.0 Å². The van der Waals surface area contributed by atoms with Gasteiger partial charge in [-0.05, 0) is 44.5 Å². The summed E-state index contributed by atoms with van der Waals surface area (Å²) in [4.78, 5) is 12.3. The first-order chi connectivity index (χ1) is 11.8. The summed E-state index contributed by atoms with van der Waals surface area (Å²) in [5.74, 6) is 0.533. The van der Waals surface area contributed by atoms with Crippen LogP contribution in [0, 0.1) is 6.92 Å². The van der Waals surface area contributed by atoms with Crippen molar-refractivity contribution in [2.75, 3.05) is 13.6 Å². The number of aryl methyl sites for hydroxylation is 2. The number of hydrogen-bond donors (Lipinski definition) is 1. The first-order valence-corrected chi connectivity index (χ1v) is 9.58. The van der Waals surface area contributed by atoms with Crippen molar-refractivity contribution in [3.63, 3.8) is 0 Å². The second kappa shape index (κ2) is 8.31. The predicted molar refractivity (Wildman–Crippen MR) is 95.6 cm³/mol. The standard InChI is InChI=1S/C18H24N2O4S/c1-14-6-10-17(11-7-14)25(22,23)20(3)13-18(21)19-15(2)8-9-16-5-4-12-24-16/h4-7,10-12,15H,8-9,13H2,1-3H3,(H,19,21). The summed E-state index contributed by atoms with van der Waals surface area (Å²) in [6.45, 7) is 3.55. The summed E-state index contributed by atoms with van der Waals surface area (Å²) in [5.41, 5.74) is 0.977. The van der Waals surface area contributed by atoms with E-state index in [1.807, 2.05) is 26.0 Å². The zero-order valence-corrected chi connectivity index (χ0v) is 15.5.